The zero-order valence-electron chi connectivity index (χ0n) is 30.0. The maximum atomic E-state index is 5.03. The standard InChI is InChI=1S/C53H34N2/c1-3-14-38(15-4-1)49-34-50(55-52(54-49)40-16-5-2-6-17-40)39-32-28-36(29-33-39)35-26-30-37(31-27-35)41-21-13-25-48-51(41)44-20-9-12-24-47(44)53(48)45-22-10-7-18-42(45)43-19-8-11-23-46(43)53/h1-34H. The molecule has 2 nitrogen and oxygen atoms in total. The summed E-state index contributed by atoms with van der Waals surface area (Å²) in [6, 6.07) is 74.4. The Morgan fingerprint density at radius 1 is 0.273 bits per heavy atom. The third kappa shape index (κ3) is 4.82. The molecular formula is C53H34N2. The van der Waals surface area contributed by atoms with Crippen LogP contribution in [0, 0.1) is 0 Å². The van der Waals surface area contributed by atoms with Crippen LogP contribution in [0.15, 0.2) is 206 Å². The van der Waals surface area contributed by atoms with Gasteiger partial charge in [0, 0.05) is 16.7 Å². The monoisotopic (exact) mass is 698 g/mol. The summed E-state index contributed by atoms with van der Waals surface area (Å²) in [5.74, 6) is 0.721. The Morgan fingerprint density at radius 2 is 0.673 bits per heavy atom. The second-order valence-corrected chi connectivity index (χ2v) is 14.5. The van der Waals surface area contributed by atoms with Gasteiger partial charge in [0.05, 0.1) is 16.8 Å². The third-order valence-corrected chi connectivity index (χ3v) is 11.6. The van der Waals surface area contributed by atoms with Gasteiger partial charge in [-0.3, -0.25) is 0 Å². The molecule has 0 saturated heterocycles. The molecule has 1 spiro atoms. The molecule has 256 valence electrons. The Labute approximate surface area is 321 Å². The van der Waals surface area contributed by atoms with E-state index in [1.807, 2.05) is 36.4 Å². The molecule has 0 bridgehead atoms. The molecule has 55 heavy (non-hydrogen) atoms. The van der Waals surface area contributed by atoms with Crippen molar-refractivity contribution in [1.82, 2.24) is 9.97 Å². The quantitative estimate of drug-likeness (QED) is 0.179. The van der Waals surface area contributed by atoms with E-state index in [0.717, 1.165) is 39.5 Å². The molecule has 1 heterocycles. The number of hydrogen-bond acceptors (Lipinski definition) is 2. The van der Waals surface area contributed by atoms with Crippen molar-refractivity contribution in [2.45, 2.75) is 5.41 Å². The van der Waals surface area contributed by atoms with E-state index in [1.165, 1.54) is 61.2 Å². The first-order valence-electron chi connectivity index (χ1n) is 18.9. The minimum absolute atomic E-state index is 0.343. The summed E-state index contributed by atoms with van der Waals surface area (Å²) in [5.41, 5.74) is 20.2. The molecule has 2 aliphatic rings. The molecule has 0 radical (unpaired) electrons. The first-order valence-corrected chi connectivity index (χ1v) is 18.9. The van der Waals surface area contributed by atoms with Gasteiger partial charge in [0.1, 0.15) is 0 Å². The van der Waals surface area contributed by atoms with Crippen molar-refractivity contribution >= 4 is 0 Å². The zero-order valence-corrected chi connectivity index (χ0v) is 30.0. The number of benzene rings is 8. The molecule has 0 unspecified atom stereocenters. The van der Waals surface area contributed by atoms with E-state index in [0.29, 0.717) is 0 Å². The van der Waals surface area contributed by atoms with E-state index in [-0.39, 0.29) is 5.41 Å². The predicted molar refractivity (Wildman–Crippen MR) is 226 cm³/mol. The van der Waals surface area contributed by atoms with E-state index in [4.69, 9.17) is 9.97 Å². The normalized spacial score (nSPS) is 12.9. The highest BCUT2D eigenvalue weighted by Crippen LogP contribution is 2.63. The van der Waals surface area contributed by atoms with Crippen molar-refractivity contribution in [3.63, 3.8) is 0 Å². The van der Waals surface area contributed by atoms with Gasteiger partial charge in [-0.15, -0.1) is 0 Å². The highest BCUT2D eigenvalue weighted by molar-refractivity contribution is 6.00. The van der Waals surface area contributed by atoms with E-state index >= 15 is 0 Å². The van der Waals surface area contributed by atoms with Crippen LogP contribution in [0.4, 0.5) is 0 Å². The van der Waals surface area contributed by atoms with Gasteiger partial charge in [0.2, 0.25) is 0 Å². The van der Waals surface area contributed by atoms with Crippen LogP contribution in [0.1, 0.15) is 22.3 Å². The Bertz CT molecular complexity index is 2790. The summed E-state index contributed by atoms with van der Waals surface area (Å²) < 4.78 is 0. The molecular weight excluding hydrogens is 665 g/mol. The first-order chi connectivity index (χ1) is 27.3. The van der Waals surface area contributed by atoms with Gasteiger partial charge in [0.25, 0.3) is 0 Å². The van der Waals surface area contributed by atoms with Crippen molar-refractivity contribution in [3.05, 3.63) is 229 Å². The van der Waals surface area contributed by atoms with Crippen LogP contribution < -0.4 is 0 Å². The second-order valence-electron chi connectivity index (χ2n) is 14.5. The summed E-state index contributed by atoms with van der Waals surface area (Å²) in [5, 5.41) is 0. The molecule has 8 aromatic carbocycles. The van der Waals surface area contributed by atoms with Crippen molar-refractivity contribution < 1.29 is 0 Å². The van der Waals surface area contributed by atoms with E-state index in [9.17, 15) is 0 Å². The van der Waals surface area contributed by atoms with Crippen molar-refractivity contribution in [2.24, 2.45) is 0 Å². The summed E-state index contributed by atoms with van der Waals surface area (Å²) in [6.07, 6.45) is 0. The molecule has 0 amide bonds. The van der Waals surface area contributed by atoms with Crippen LogP contribution in [0.2, 0.25) is 0 Å². The Morgan fingerprint density at radius 3 is 1.25 bits per heavy atom. The minimum Gasteiger partial charge on any atom is -0.228 e. The fourth-order valence-electron chi connectivity index (χ4n) is 9.13. The lowest BCUT2D eigenvalue weighted by Gasteiger charge is -2.30. The molecule has 0 saturated carbocycles. The van der Waals surface area contributed by atoms with Crippen LogP contribution in [-0.2, 0) is 5.41 Å². The molecule has 0 atom stereocenters. The van der Waals surface area contributed by atoms with Crippen LogP contribution in [-0.4, -0.2) is 9.97 Å². The molecule has 2 aliphatic carbocycles. The van der Waals surface area contributed by atoms with Crippen LogP contribution in [0.25, 0.3) is 78.4 Å². The Balaban J connectivity index is 0.968. The van der Waals surface area contributed by atoms with Crippen LogP contribution in [0.3, 0.4) is 0 Å². The summed E-state index contributed by atoms with van der Waals surface area (Å²) >= 11 is 0. The average molecular weight is 699 g/mol. The molecule has 0 aliphatic heterocycles. The molecule has 0 fully saturated rings. The predicted octanol–water partition coefficient (Wildman–Crippen LogP) is 13.2. The SMILES string of the molecule is c1ccc(-c2cc(-c3ccc(-c4ccc(-c5cccc6c5-c5ccccc5C65c6ccccc6-c6ccccc65)cc4)cc3)nc(-c3ccccc3)n2)cc1. The summed E-state index contributed by atoms with van der Waals surface area (Å²) in [4.78, 5) is 9.99. The number of nitrogens with zero attached hydrogens (tertiary/aromatic N) is 2. The largest absolute Gasteiger partial charge is 0.228 e. The lowest BCUT2D eigenvalue weighted by molar-refractivity contribution is 0.794. The summed E-state index contributed by atoms with van der Waals surface area (Å²) in [6.45, 7) is 0. The fourth-order valence-corrected chi connectivity index (χ4v) is 9.13. The number of rotatable bonds is 5. The Kier molecular flexibility index (Phi) is 7.11. The molecule has 9 aromatic rings. The number of hydrogen-bond donors (Lipinski definition) is 0. The van der Waals surface area contributed by atoms with Gasteiger partial charge in [-0.25, -0.2) is 9.97 Å². The van der Waals surface area contributed by atoms with E-state index < -0.39 is 0 Å². The molecule has 11 rings (SSSR count). The molecule has 1 aromatic heterocycles. The second kappa shape index (κ2) is 12.5. The molecule has 0 N–H and O–H groups in total. The average Bonchev–Trinajstić information content (AvgIpc) is 3.75. The maximum absolute atomic E-state index is 5.03. The minimum atomic E-state index is -0.343. The zero-order chi connectivity index (χ0) is 36.3. The third-order valence-electron chi connectivity index (χ3n) is 11.6. The van der Waals surface area contributed by atoms with Gasteiger partial charge in [-0.1, -0.05) is 200 Å². The van der Waals surface area contributed by atoms with Crippen molar-refractivity contribution in [3.8, 4) is 78.4 Å². The van der Waals surface area contributed by atoms with Gasteiger partial charge in [-0.05, 0) is 72.8 Å². The van der Waals surface area contributed by atoms with E-state index in [1.54, 1.807) is 0 Å². The van der Waals surface area contributed by atoms with Crippen molar-refractivity contribution in [1.29, 1.82) is 0 Å². The van der Waals surface area contributed by atoms with Crippen LogP contribution in [0.5, 0.6) is 0 Å². The highest BCUT2D eigenvalue weighted by atomic mass is 14.9. The highest BCUT2D eigenvalue weighted by Gasteiger charge is 2.51. The maximum Gasteiger partial charge on any atom is 0.160 e. The Hall–Kier alpha value is -7.16. The number of fused-ring (bicyclic) bond motifs is 10. The topological polar surface area (TPSA) is 25.8 Å². The van der Waals surface area contributed by atoms with Crippen LogP contribution >= 0.6 is 0 Å². The van der Waals surface area contributed by atoms with E-state index in [2.05, 4.69) is 170 Å². The van der Waals surface area contributed by atoms with Crippen molar-refractivity contribution in [2.75, 3.05) is 0 Å². The first kappa shape index (κ1) is 31.4. The lowest BCUT2D eigenvalue weighted by Crippen LogP contribution is -2.25. The fraction of sp³-hybridized carbons (Fsp3) is 0.0189. The number of aromatic nitrogens is 2. The van der Waals surface area contributed by atoms with Gasteiger partial charge in [0.15, 0.2) is 5.82 Å². The summed E-state index contributed by atoms with van der Waals surface area (Å²) in [7, 11) is 0. The van der Waals surface area contributed by atoms with Gasteiger partial charge < -0.3 is 0 Å². The van der Waals surface area contributed by atoms with Gasteiger partial charge >= 0.3 is 0 Å². The molecule has 2 heteroatoms. The van der Waals surface area contributed by atoms with Gasteiger partial charge in [-0.2, -0.15) is 0 Å². The lowest BCUT2D eigenvalue weighted by atomic mass is 9.70. The smallest absolute Gasteiger partial charge is 0.160 e.